The molecule has 0 bridgehead atoms. The van der Waals surface area contributed by atoms with Crippen LogP contribution < -0.4 is 0 Å². The van der Waals surface area contributed by atoms with Crippen molar-refractivity contribution in [3.05, 3.63) is 0 Å². The van der Waals surface area contributed by atoms with Crippen molar-refractivity contribution < 1.29 is 19.3 Å². The van der Waals surface area contributed by atoms with Gasteiger partial charge in [-0.2, -0.15) is 0 Å². The van der Waals surface area contributed by atoms with Crippen LogP contribution in [0.15, 0.2) is 0 Å². The van der Waals surface area contributed by atoms with E-state index in [1.54, 1.807) is 0 Å². The fourth-order valence-corrected chi connectivity index (χ4v) is 1.32. The van der Waals surface area contributed by atoms with Gasteiger partial charge < -0.3 is 19.3 Å². The van der Waals surface area contributed by atoms with E-state index < -0.39 is 12.4 Å². The van der Waals surface area contributed by atoms with Crippen LogP contribution in [0.25, 0.3) is 0 Å². The van der Waals surface area contributed by atoms with Crippen molar-refractivity contribution in [1.82, 2.24) is 0 Å². The quantitative estimate of drug-likeness (QED) is 0.521. The predicted octanol–water partition coefficient (Wildman–Crippen LogP) is -0.883. The van der Waals surface area contributed by atoms with Crippen molar-refractivity contribution in [1.29, 1.82) is 0 Å². The Morgan fingerprint density at radius 1 is 1.60 bits per heavy atom. The maximum atomic E-state index is 9.30. The Hall–Kier alpha value is -0.160. The Morgan fingerprint density at radius 3 is 2.70 bits per heavy atom. The zero-order valence-corrected chi connectivity index (χ0v) is 5.69. The standard InChI is InChI=1S/C6H10O4/c1-8-6-4(7)5-3(10-6)2-9-5/h3-7H,2H2,1H3/t3-,4-,5+,6+/m1/s1. The lowest BCUT2D eigenvalue weighted by Gasteiger charge is -2.29. The maximum Gasteiger partial charge on any atom is 0.186 e. The molecule has 2 heterocycles. The molecule has 2 saturated heterocycles. The molecule has 0 amide bonds. The molecule has 2 aliphatic rings. The fourth-order valence-electron chi connectivity index (χ4n) is 1.32. The summed E-state index contributed by atoms with van der Waals surface area (Å²) in [6.07, 6.45) is -1.19. The number of methoxy groups -OCH3 is 1. The first kappa shape index (κ1) is 6.54. The molecule has 0 aliphatic carbocycles. The van der Waals surface area contributed by atoms with Crippen molar-refractivity contribution in [2.75, 3.05) is 13.7 Å². The van der Waals surface area contributed by atoms with Crippen LogP contribution in [0, 0.1) is 0 Å². The second kappa shape index (κ2) is 2.17. The number of hydrogen-bond donors (Lipinski definition) is 1. The number of aliphatic hydroxyl groups excluding tert-OH is 1. The molecule has 4 heteroatoms. The van der Waals surface area contributed by atoms with E-state index in [0.29, 0.717) is 6.61 Å². The Kier molecular flexibility index (Phi) is 1.42. The zero-order chi connectivity index (χ0) is 7.14. The summed E-state index contributed by atoms with van der Waals surface area (Å²) in [5.41, 5.74) is 0. The minimum absolute atomic E-state index is 0.0555. The lowest BCUT2D eigenvalue weighted by atomic mass is 10.1. The highest BCUT2D eigenvalue weighted by Crippen LogP contribution is 2.31. The lowest BCUT2D eigenvalue weighted by Crippen LogP contribution is -2.46. The minimum atomic E-state index is -0.608. The fraction of sp³-hybridized carbons (Fsp3) is 1.00. The van der Waals surface area contributed by atoms with Crippen LogP contribution in [0.4, 0.5) is 0 Å². The van der Waals surface area contributed by atoms with Crippen molar-refractivity contribution in [3.8, 4) is 0 Å². The molecular formula is C6H10O4. The van der Waals surface area contributed by atoms with Crippen LogP contribution in [0.5, 0.6) is 0 Å². The summed E-state index contributed by atoms with van der Waals surface area (Å²) in [4.78, 5) is 0. The Morgan fingerprint density at radius 2 is 2.40 bits per heavy atom. The molecule has 0 aromatic carbocycles. The second-order valence-electron chi connectivity index (χ2n) is 2.57. The monoisotopic (exact) mass is 146 g/mol. The third-order valence-electron chi connectivity index (χ3n) is 1.98. The van der Waals surface area contributed by atoms with Gasteiger partial charge in [-0.1, -0.05) is 0 Å². The maximum absolute atomic E-state index is 9.30. The summed E-state index contributed by atoms with van der Waals surface area (Å²) in [5, 5.41) is 9.30. The normalized spacial score (nSPS) is 52.2. The lowest BCUT2D eigenvalue weighted by molar-refractivity contribution is -0.175. The summed E-state index contributed by atoms with van der Waals surface area (Å²) < 4.78 is 15.1. The summed E-state index contributed by atoms with van der Waals surface area (Å²) in [6, 6.07) is 0. The largest absolute Gasteiger partial charge is 0.385 e. The van der Waals surface area contributed by atoms with E-state index >= 15 is 0 Å². The molecule has 10 heavy (non-hydrogen) atoms. The number of hydrogen-bond acceptors (Lipinski definition) is 4. The molecule has 0 spiro atoms. The van der Waals surface area contributed by atoms with Crippen molar-refractivity contribution in [2.45, 2.75) is 24.6 Å². The Labute approximate surface area is 58.7 Å². The van der Waals surface area contributed by atoms with E-state index in [2.05, 4.69) is 0 Å². The Balaban J connectivity index is 2.02. The van der Waals surface area contributed by atoms with Gasteiger partial charge in [-0.05, 0) is 0 Å². The number of aliphatic hydroxyl groups is 1. The first-order valence-electron chi connectivity index (χ1n) is 3.31. The van der Waals surface area contributed by atoms with E-state index in [-0.39, 0.29) is 12.2 Å². The molecule has 0 unspecified atom stereocenters. The number of ether oxygens (including phenoxy) is 3. The summed E-state index contributed by atoms with van der Waals surface area (Å²) in [6.45, 7) is 0.585. The van der Waals surface area contributed by atoms with Gasteiger partial charge >= 0.3 is 0 Å². The average Bonchev–Trinajstić information content (AvgIpc) is 2.05. The molecule has 0 aromatic rings. The van der Waals surface area contributed by atoms with Gasteiger partial charge in [0.1, 0.15) is 18.3 Å². The molecule has 2 fully saturated rings. The topological polar surface area (TPSA) is 47.9 Å². The van der Waals surface area contributed by atoms with Gasteiger partial charge in [-0.3, -0.25) is 0 Å². The van der Waals surface area contributed by atoms with Gasteiger partial charge in [0, 0.05) is 7.11 Å². The zero-order valence-electron chi connectivity index (χ0n) is 5.69. The summed E-state index contributed by atoms with van der Waals surface area (Å²) in [7, 11) is 1.51. The molecule has 4 nitrogen and oxygen atoms in total. The van der Waals surface area contributed by atoms with Crippen molar-refractivity contribution in [2.24, 2.45) is 0 Å². The molecule has 0 radical (unpaired) electrons. The highest BCUT2D eigenvalue weighted by atomic mass is 16.7. The predicted molar refractivity (Wildman–Crippen MR) is 31.4 cm³/mol. The van der Waals surface area contributed by atoms with E-state index in [9.17, 15) is 5.11 Å². The van der Waals surface area contributed by atoms with Crippen LogP contribution in [0.3, 0.4) is 0 Å². The summed E-state index contributed by atoms with van der Waals surface area (Å²) in [5.74, 6) is 0. The van der Waals surface area contributed by atoms with Crippen LogP contribution in [0.2, 0.25) is 0 Å². The SMILES string of the molecule is CO[C@H]1O[C@@H]2CO[C@@H]2[C@H]1O. The molecule has 58 valence electrons. The third-order valence-corrected chi connectivity index (χ3v) is 1.98. The molecular weight excluding hydrogens is 136 g/mol. The van der Waals surface area contributed by atoms with Gasteiger partial charge in [0.15, 0.2) is 6.29 Å². The molecule has 4 atom stereocenters. The molecule has 0 saturated carbocycles. The first-order valence-corrected chi connectivity index (χ1v) is 3.31. The second-order valence-corrected chi connectivity index (χ2v) is 2.57. The van der Waals surface area contributed by atoms with Crippen molar-refractivity contribution >= 4 is 0 Å². The highest BCUT2D eigenvalue weighted by molar-refractivity contribution is 4.93. The summed E-state index contributed by atoms with van der Waals surface area (Å²) >= 11 is 0. The van der Waals surface area contributed by atoms with Crippen molar-refractivity contribution in [3.63, 3.8) is 0 Å². The van der Waals surface area contributed by atoms with E-state index in [0.717, 1.165) is 0 Å². The minimum Gasteiger partial charge on any atom is -0.385 e. The third kappa shape index (κ3) is 0.703. The van der Waals surface area contributed by atoms with Gasteiger partial charge in [-0.15, -0.1) is 0 Å². The Bertz CT molecular complexity index is 138. The molecule has 1 N–H and O–H groups in total. The average molecular weight is 146 g/mol. The van der Waals surface area contributed by atoms with Gasteiger partial charge in [-0.25, -0.2) is 0 Å². The van der Waals surface area contributed by atoms with Gasteiger partial charge in [0.2, 0.25) is 0 Å². The highest BCUT2D eigenvalue weighted by Gasteiger charge is 2.50. The first-order chi connectivity index (χ1) is 4.83. The van der Waals surface area contributed by atoms with E-state index in [1.807, 2.05) is 0 Å². The van der Waals surface area contributed by atoms with Crippen LogP contribution in [-0.4, -0.2) is 43.4 Å². The molecule has 2 aliphatic heterocycles. The van der Waals surface area contributed by atoms with E-state index in [1.165, 1.54) is 7.11 Å². The van der Waals surface area contributed by atoms with Crippen LogP contribution in [-0.2, 0) is 14.2 Å². The smallest absolute Gasteiger partial charge is 0.186 e. The molecule has 2 rings (SSSR count). The van der Waals surface area contributed by atoms with Gasteiger partial charge in [0.25, 0.3) is 0 Å². The molecule has 0 aromatic heterocycles. The van der Waals surface area contributed by atoms with Gasteiger partial charge in [0.05, 0.1) is 6.61 Å². The van der Waals surface area contributed by atoms with Crippen LogP contribution >= 0.6 is 0 Å². The number of fused-ring (bicyclic) bond motifs is 1. The van der Waals surface area contributed by atoms with E-state index in [4.69, 9.17) is 14.2 Å². The van der Waals surface area contributed by atoms with Crippen LogP contribution in [0.1, 0.15) is 0 Å². The number of rotatable bonds is 1.